The van der Waals surface area contributed by atoms with Crippen molar-refractivity contribution >= 4 is 11.9 Å². The van der Waals surface area contributed by atoms with Crippen LogP contribution in [0.4, 0.5) is 0 Å². The minimum absolute atomic E-state index is 0.0397. The molecule has 1 saturated carbocycles. The van der Waals surface area contributed by atoms with Gasteiger partial charge in [-0.15, -0.1) is 0 Å². The van der Waals surface area contributed by atoms with Crippen LogP contribution in [0, 0.1) is 11.8 Å². The van der Waals surface area contributed by atoms with Crippen molar-refractivity contribution in [2.45, 2.75) is 39.2 Å². The molecule has 3 unspecified atom stereocenters. The summed E-state index contributed by atoms with van der Waals surface area (Å²) in [4.78, 5) is 23.5. The van der Waals surface area contributed by atoms with Crippen LogP contribution in [0.1, 0.15) is 33.1 Å². The number of amides is 1. The van der Waals surface area contributed by atoms with Crippen molar-refractivity contribution in [3.05, 3.63) is 0 Å². The van der Waals surface area contributed by atoms with E-state index in [0.717, 1.165) is 19.3 Å². The Bertz CT molecular complexity index is 277. The first kappa shape index (κ1) is 14.0. The predicted molar refractivity (Wildman–Crippen MR) is 64.4 cm³/mol. The van der Waals surface area contributed by atoms with Crippen LogP contribution in [0.2, 0.25) is 0 Å². The Hall–Kier alpha value is -1.10. The van der Waals surface area contributed by atoms with Crippen molar-refractivity contribution in [3.8, 4) is 0 Å². The van der Waals surface area contributed by atoms with E-state index in [1.165, 1.54) is 0 Å². The number of carboxylic acids is 1. The summed E-state index contributed by atoms with van der Waals surface area (Å²) in [5.74, 6) is -0.125. The van der Waals surface area contributed by atoms with Crippen molar-refractivity contribution in [1.29, 1.82) is 0 Å². The first-order valence-electron chi connectivity index (χ1n) is 6.14. The van der Waals surface area contributed by atoms with Crippen LogP contribution < -0.4 is 5.73 Å². The summed E-state index contributed by atoms with van der Waals surface area (Å²) in [6.45, 7) is 4.34. The lowest BCUT2D eigenvalue weighted by atomic mass is 9.78. The zero-order chi connectivity index (χ0) is 13.0. The molecule has 0 saturated heterocycles. The summed E-state index contributed by atoms with van der Waals surface area (Å²) in [6.07, 6.45) is 2.98. The van der Waals surface area contributed by atoms with E-state index in [9.17, 15) is 9.59 Å². The molecule has 3 atom stereocenters. The first-order chi connectivity index (χ1) is 7.90. The minimum atomic E-state index is -0.905. The van der Waals surface area contributed by atoms with Gasteiger partial charge in [-0.05, 0) is 31.1 Å². The van der Waals surface area contributed by atoms with Gasteiger partial charge in [0.25, 0.3) is 0 Å². The second-order valence-corrected chi connectivity index (χ2v) is 5.19. The molecule has 0 aromatic carbocycles. The molecular weight excluding hydrogens is 220 g/mol. The molecule has 3 N–H and O–H groups in total. The topological polar surface area (TPSA) is 83.6 Å². The van der Waals surface area contributed by atoms with Crippen LogP contribution in [-0.2, 0) is 9.59 Å². The van der Waals surface area contributed by atoms with Crippen LogP contribution in [-0.4, -0.2) is 41.0 Å². The molecule has 5 heteroatoms. The SMILES string of the molecule is CC1CCC(N(CC(N)=O)CC(=O)O)CC1C. The number of primary amides is 1. The molecule has 0 aliphatic heterocycles. The molecule has 1 aliphatic rings. The monoisotopic (exact) mass is 242 g/mol. The molecular formula is C12H22N2O3. The third-order valence-corrected chi connectivity index (χ3v) is 3.78. The van der Waals surface area contributed by atoms with Crippen molar-refractivity contribution in [2.75, 3.05) is 13.1 Å². The Balaban J connectivity index is 2.62. The number of carboxylic acid groups (broad SMARTS) is 1. The van der Waals surface area contributed by atoms with E-state index < -0.39 is 11.9 Å². The summed E-state index contributed by atoms with van der Waals surface area (Å²) in [5, 5.41) is 8.85. The Kier molecular flexibility index (Phi) is 4.93. The van der Waals surface area contributed by atoms with E-state index in [2.05, 4.69) is 13.8 Å². The van der Waals surface area contributed by atoms with E-state index in [1.807, 2.05) is 0 Å². The Morgan fingerprint density at radius 3 is 2.35 bits per heavy atom. The second-order valence-electron chi connectivity index (χ2n) is 5.19. The van der Waals surface area contributed by atoms with E-state index >= 15 is 0 Å². The number of carbonyl (C=O) groups excluding carboxylic acids is 1. The maximum absolute atomic E-state index is 11.0. The van der Waals surface area contributed by atoms with Gasteiger partial charge >= 0.3 is 5.97 Å². The predicted octanol–water partition coefficient (Wildman–Crippen LogP) is 0.683. The van der Waals surface area contributed by atoms with E-state index in [0.29, 0.717) is 11.8 Å². The normalized spacial score (nSPS) is 29.2. The maximum atomic E-state index is 11.0. The fourth-order valence-electron chi connectivity index (χ4n) is 2.54. The Morgan fingerprint density at radius 2 is 1.88 bits per heavy atom. The fraction of sp³-hybridized carbons (Fsp3) is 0.833. The minimum Gasteiger partial charge on any atom is -0.480 e. The number of rotatable bonds is 5. The number of hydrogen-bond acceptors (Lipinski definition) is 3. The zero-order valence-corrected chi connectivity index (χ0v) is 10.6. The van der Waals surface area contributed by atoms with E-state index in [1.54, 1.807) is 4.90 Å². The highest BCUT2D eigenvalue weighted by atomic mass is 16.4. The van der Waals surface area contributed by atoms with Gasteiger partial charge in [-0.1, -0.05) is 13.8 Å². The summed E-state index contributed by atoms with van der Waals surface area (Å²) in [6, 6.07) is 0.171. The molecule has 0 aromatic rings. The van der Waals surface area contributed by atoms with Gasteiger partial charge in [-0.25, -0.2) is 0 Å². The van der Waals surface area contributed by atoms with Gasteiger partial charge in [-0.3, -0.25) is 14.5 Å². The highest BCUT2D eigenvalue weighted by Gasteiger charge is 2.30. The average molecular weight is 242 g/mol. The highest BCUT2D eigenvalue weighted by Crippen LogP contribution is 2.31. The smallest absolute Gasteiger partial charge is 0.317 e. The highest BCUT2D eigenvalue weighted by molar-refractivity contribution is 5.77. The molecule has 0 bridgehead atoms. The standard InChI is InChI=1S/C12H22N2O3/c1-8-3-4-10(5-9(8)2)14(6-11(13)15)7-12(16)17/h8-10H,3-7H2,1-2H3,(H2,13,15)(H,16,17). The lowest BCUT2D eigenvalue weighted by molar-refractivity contribution is -0.139. The number of nitrogens with two attached hydrogens (primary N) is 1. The number of carbonyl (C=O) groups is 2. The molecule has 0 radical (unpaired) electrons. The van der Waals surface area contributed by atoms with Crippen LogP contribution in [0.15, 0.2) is 0 Å². The number of aliphatic carboxylic acids is 1. The van der Waals surface area contributed by atoms with E-state index in [-0.39, 0.29) is 19.1 Å². The summed E-state index contributed by atoms with van der Waals surface area (Å²) in [5.41, 5.74) is 5.16. The third kappa shape index (κ3) is 4.34. The molecule has 17 heavy (non-hydrogen) atoms. The fourth-order valence-corrected chi connectivity index (χ4v) is 2.54. The van der Waals surface area contributed by atoms with Crippen molar-refractivity contribution in [1.82, 2.24) is 4.90 Å². The molecule has 0 spiro atoms. The first-order valence-corrected chi connectivity index (χ1v) is 6.14. The summed E-state index contributed by atoms with van der Waals surface area (Å²) >= 11 is 0. The molecule has 5 nitrogen and oxygen atoms in total. The molecule has 1 amide bonds. The molecule has 98 valence electrons. The Morgan fingerprint density at radius 1 is 1.24 bits per heavy atom. The number of nitrogens with zero attached hydrogens (tertiary/aromatic N) is 1. The van der Waals surface area contributed by atoms with Gasteiger partial charge in [0.1, 0.15) is 0 Å². The summed E-state index contributed by atoms with van der Waals surface area (Å²) < 4.78 is 0. The van der Waals surface area contributed by atoms with Crippen molar-refractivity contribution < 1.29 is 14.7 Å². The lowest BCUT2D eigenvalue weighted by Gasteiger charge is -2.38. The summed E-state index contributed by atoms with van der Waals surface area (Å²) in [7, 11) is 0. The second kappa shape index (κ2) is 6.00. The molecule has 0 heterocycles. The van der Waals surface area contributed by atoms with Gasteiger partial charge < -0.3 is 10.8 Å². The van der Waals surface area contributed by atoms with Gasteiger partial charge in [0.05, 0.1) is 13.1 Å². The lowest BCUT2D eigenvalue weighted by Crippen LogP contribution is -2.46. The largest absolute Gasteiger partial charge is 0.480 e. The van der Waals surface area contributed by atoms with E-state index in [4.69, 9.17) is 10.8 Å². The van der Waals surface area contributed by atoms with Crippen LogP contribution in [0.3, 0.4) is 0 Å². The zero-order valence-electron chi connectivity index (χ0n) is 10.6. The molecule has 1 rings (SSSR count). The molecule has 1 fully saturated rings. The van der Waals surface area contributed by atoms with Crippen LogP contribution >= 0.6 is 0 Å². The van der Waals surface area contributed by atoms with Gasteiger partial charge in [0.2, 0.25) is 5.91 Å². The van der Waals surface area contributed by atoms with Gasteiger partial charge in [-0.2, -0.15) is 0 Å². The third-order valence-electron chi connectivity index (χ3n) is 3.78. The van der Waals surface area contributed by atoms with Gasteiger partial charge in [0, 0.05) is 6.04 Å². The Labute approximate surface area is 102 Å². The van der Waals surface area contributed by atoms with Gasteiger partial charge in [0.15, 0.2) is 0 Å². The molecule has 0 aromatic heterocycles. The number of hydrogen-bond donors (Lipinski definition) is 2. The average Bonchev–Trinajstić information content (AvgIpc) is 2.19. The van der Waals surface area contributed by atoms with Crippen LogP contribution in [0.5, 0.6) is 0 Å². The molecule has 1 aliphatic carbocycles. The van der Waals surface area contributed by atoms with Crippen LogP contribution in [0.25, 0.3) is 0 Å². The maximum Gasteiger partial charge on any atom is 0.317 e. The van der Waals surface area contributed by atoms with Crippen molar-refractivity contribution in [2.24, 2.45) is 17.6 Å². The quantitative estimate of drug-likeness (QED) is 0.742. The van der Waals surface area contributed by atoms with Crippen molar-refractivity contribution in [3.63, 3.8) is 0 Å².